The molecule has 11 heteroatoms. The fraction of sp³-hybridized carbons (Fsp3) is 0.250. The third-order valence-corrected chi connectivity index (χ3v) is 5.33. The summed E-state index contributed by atoms with van der Waals surface area (Å²) in [6.07, 6.45) is 0. The molecule has 186 valence electrons. The van der Waals surface area contributed by atoms with E-state index in [9.17, 15) is 19.8 Å². The number of H-pyrrole nitrogens is 1. The number of carboxylic acid groups (broad SMARTS) is 2. The number of hydrogen-bond donors (Lipinski definition) is 3. The zero-order valence-corrected chi connectivity index (χ0v) is 20.0. The normalized spacial score (nSPS) is 10.5. The summed E-state index contributed by atoms with van der Waals surface area (Å²) >= 11 is 0. The Bertz CT molecular complexity index is 1130. The van der Waals surface area contributed by atoms with Crippen LogP contribution in [-0.4, -0.2) is 69.8 Å². The molecule has 0 saturated carbocycles. The van der Waals surface area contributed by atoms with Crippen molar-refractivity contribution < 1.29 is 48.2 Å². The minimum absolute atomic E-state index is 0.0865. The second kappa shape index (κ2) is 10.2. The van der Waals surface area contributed by atoms with Crippen LogP contribution < -0.4 is 28.4 Å². The zero-order chi connectivity index (χ0) is 25.9. The van der Waals surface area contributed by atoms with Crippen LogP contribution in [0.2, 0.25) is 0 Å². The highest BCUT2D eigenvalue weighted by Crippen LogP contribution is 2.48. The van der Waals surface area contributed by atoms with Gasteiger partial charge < -0.3 is 43.6 Å². The van der Waals surface area contributed by atoms with Crippen molar-refractivity contribution in [2.24, 2.45) is 0 Å². The van der Waals surface area contributed by atoms with Gasteiger partial charge in [0, 0.05) is 11.1 Å². The first kappa shape index (κ1) is 25.1. The lowest BCUT2D eigenvalue weighted by atomic mass is 9.93. The van der Waals surface area contributed by atoms with Crippen molar-refractivity contribution in [1.29, 1.82) is 0 Å². The SMILES string of the molecule is COc1cc(-c2c(C(=O)O)[nH]c(C(=O)O)c2-c2cc(OC)c(OC)c(OC)c2)cc(OC)c1OC. The molecule has 0 aliphatic heterocycles. The fourth-order valence-electron chi connectivity index (χ4n) is 3.85. The van der Waals surface area contributed by atoms with Crippen molar-refractivity contribution in [2.75, 3.05) is 42.7 Å². The minimum Gasteiger partial charge on any atom is -0.493 e. The van der Waals surface area contributed by atoms with Crippen molar-refractivity contribution in [1.82, 2.24) is 4.98 Å². The minimum atomic E-state index is -1.37. The Hall–Kier alpha value is -4.54. The van der Waals surface area contributed by atoms with E-state index >= 15 is 0 Å². The number of ether oxygens (including phenoxy) is 6. The number of methoxy groups -OCH3 is 6. The van der Waals surface area contributed by atoms with Gasteiger partial charge in [-0.2, -0.15) is 0 Å². The Morgan fingerprint density at radius 3 is 1.06 bits per heavy atom. The molecule has 0 spiro atoms. The van der Waals surface area contributed by atoms with Crippen molar-refractivity contribution >= 4 is 11.9 Å². The molecule has 1 aromatic heterocycles. The van der Waals surface area contributed by atoms with Gasteiger partial charge in [-0.05, 0) is 35.4 Å². The molecule has 3 rings (SSSR count). The van der Waals surface area contributed by atoms with Crippen molar-refractivity contribution in [3.05, 3.63) is 35.7 Å². The number of benzene rings is 2. The van der Waals surface area contributed by atoms with Gasteiger partial charge in [0.1, 0.15) is 11.4 Å². The number of nitrogens with one attached hydrogen (secondary N) is 1. The van der Waals surface area contributed by atoms with Gasteiger partial charge in [-0.3, -0.25) is 0 Å². The zero-order valence-electron chi connectivity index (χ0n) is 20.0. The summed E-state index contributed by atoms with van der Waals surface area (Å²) in [6, 6.07) is 6.13. The number of carbonyl (C=O) groups is 2. The number of carboxylic acids is 2. The predicted molar refractivity (Wildman–Crippen MR) is 125 cm³/mol. The summed E-state index contributed by atoms with van der Waals surface area (Å²) in [4.78, 5) is 27.0. The molecular weight excluding hydrogens is 462 g/mol. The Morgan fingerprint density at radius 1 is 0.571 bits per heavy atom. The largest absolute Gasteiger partial charge is 0.493 e. The third-order valence-electron chi connectivity index (χ3n) is 5.33. The molecule has 3 N–H and O–H groups in total. The van der Waals surface area contributed by atoms with Gasteiger partial charge in [0.15, 0.2) is 23.0 Å². The third kappa shape index (κ3) is 4.35. The topological polar surface area (TPSA) is 146 Å². The van der Waals surface area contributed by atoms with E-state index in [1.54, 1.807) is 0 Å². The summed E-state index contributed by atoms with van der Waals surface area (Å²) in [5, 5.41) is 19.9. The van der Waals surface area contributed by atoms with Gasteiger partial charge >= 0.3 is 11.9 Å². The van der Waals surface area contributed by atoms with Crippen LogP contribution >= 0.6 is 0 Å². The number of aromatic amines is 1. The average Bonchev–Trinajstić information content (AvgIpc) is 3.28. The molecule has 1 heterocycles. The molecular formula is C24H25NO10. The molecule has 0 radical (unpaired) electrons. The highest BCUT2D eigenvalue weighted by atomic mass is 16.5. The van der Waals surface area contributed by atoms with E-state index < -0.39 is 11.9 Å². The predicted octanol–water partition coefficient (Wildman–Crippen LogP) is 3.80. The smallest absolute Gasteiger partial charge is 0.352 e. The van der Waals surface area contributed by atoms with Crippen LogP contribution in [0.1, 0.15) is 21.0 Å². The quantitative estimate of drug-likeness (QED) is 0.386. The number of hydrogen-bond acceptors (Lipinski definition) is 8. The Balaban J connectivity index is 2.50. The molecule has 0 unspecified atom stereocenters. The maximum atomic E-state index is 12.2. The van der Waals surface area contributed by atoms with E-state index in [0.717, 1.165) is 0 Å². The van der Waals surface area contributed by atoms with Gasteiger partial charge in [0.25, 0.3) is 0 Å². The highest BCUT2D eigenvalue weighted by molar-refractivity contribution is 6.08. The van der Waals surface area contributed by atoms with Gasteiger partial charge in [-0.25, -0.2) is 9.59 Å². The molecule has 2 aromatic carbocycles. The van der Waals surface area contributed by atoms with E-state index in [1.165, 1.54) is 66.9 Å². The summed E-state index contributed by atoms with van der Waals surface area (Å²) in [5.74, 6) is -1.12. The molecule has 0 aliphatic rings. The second-order valence-electron chi connectivity index (χ2n) is 7.06. The number of aromatic carboxylic acids is 2. The van der Waals surface area contributed by atoms with Crippen molar-refractivity contribution in [3.63, 3.8) is 0 Å². The maximum absolute atomic E-state index is 12.2. The number of aromatic nitrogens is 1. The molecule has 0 fully saturated rings. The molecule has 0 saturated heterocycles. The van der Waals surface area contributed by atoms with Crippen LogP contribution in [0.3, 0.4) is 0 Å². The van der Waals surface area contributed by atoms with E-state index in [0.29, 0.717) is 22.6 Å². The summed E-state index contributed by atoms with van der Waals surface area (Å²) in [7, 11) is 8.53. The van der Waals surface area contributed by atoms with Gasteiger partial charge in [-0.1, -0.05) is 0 Å². The van der Waals surface area contributed by atoms with Crippen LogP contribution in [0.5, 0.6) is 34.5 Å². The molecule has 0 aliphatic carbocycles. The molecule has 0 bridgehead atoms. The maximum Gasteiger partial charge on any atom is 0.352 e. The van der Waals surface area contributed by atoms with Crippen LogP contribution in [-0.2, 0) is 0 Å². The van der Waals surface area contributed by atoms with Crippen LogP contribution in [0.15, 0.2) is 24.3 Å². The molecule has 0 atom stereocenters. The lowest BCUT2D eigenvalue weighted by Gasteiger charge is -2.17. The van der Waals surface area contributed by atoms with Crippen LogP contribution in [0.4, 0.5) is 0 Å². The van der Waals surface area contributed by atoms with Crippen LogP contribution in [0.25, 0.3) is 22.3 Å². The summed E-state index contributed by atoms with van der Waals surface area (Å²) < 4.78 is 32.3. The van der Waals surface area contributed by atoms with Crippen molar-refractivity contribution in [3.8, 4) is 56.8 Å². The monoisotopic (exact) mass is 487 g/mol. The van der Waals surface area contributed by atoms with Gasteiger partial charge in [-0.15, -0.1) is 0 Å². The molecule has 35 heavy (non-hydrogen) atoms. The Morgan fingerprint density at radius 2 is 0.857 bits per heavy atom. The Labute approximate surface area is 200 Å². The second-order valence-corrected chi connectivity index (χ2v) is 7.06. The lowest BCUT2D eigenvalue weighted by Crippen LogP contribution is -2.02. The lowest BCUT2D eigenvalue weighted by molar-refractivity contribution is 0.0690. The Kier molecular flexibility index (Phi) is 7.28. The molecule has 3 aromatic rings. The van der Waals surface area contributed by atoms with Crippen molar-refractivity contribution in [2.45, 2.75) is 0 Å². The standard InChI is InChI=1S/C24H25NO10/c1-30-13-7-11(8-14(31-2)21(13)34-5)17-18(20(24(28)29)25-19(17)23(26)27)12-9-15(32-3)22(35-6)16(10-12)33-4/h7-10,25H,1-6H3,(H,26,27)(H,28,29). The summed E-state index contributed by atoms with van der Waals surface area (Å²) in [6.45, 7) is 0. The number of rotatable bonds is 10. The fourth-order valence-corrected chi connectivity index (χ4v) is 3.85. The molecule has 0 amide bonds. The first-order valence-corrected chi connectivity index (χ1v) is 10.1. The van der Waals surface area contributed by atoms with E-state index in [4.69, 9.17) is 28.4 Å². The first-order valence-electron chi connectivity index (χ1n) is 10.1. The summed E-state index contributed by atoms with van der Waals surface area (Å²) in [5.41, 5.74) is 0.0986. The van der Waals surface area contributed by atoms with E-state index in [-0.39, 0.29) is 45.5 Å². The van der Waals surface area contributed by atoms with Gasteiger partial charge in [0.05, 0.1) is 42.7 Å². The van der Waals surface area contributed by atoms with E-state index in [2.05, 4.69) is 4.98 Å². The van der Waals surface area contributed by atoms with E-state index in [1.807, 2.05) is 0 Å². The average molecular weight is 487 g/mol. The molecule has 11 nitrogen and oxygen atoms in total. The highest BCUT2D eigenvalue weighted by Gasteiger charge is 2.30. The van der Waals surface area contributed by atoms with Gasteiger partial charge in [0.2, 0.25) is 11.5 Å². The first-order chi connectivity index (χ1) is 16.8. The van der Waals surface area contributed by atoms with Crippen LogP contribution in [0, 0.1) is 0 Å².